The summed E-state index contributed by atoms with van der Waals surface area (Å²) >= 11 is 0. The lowest BCUT2D eigenvalue weighted by Crippen LogP contribution is -2.28. The third-order valence-corrected chi connectivity index (χ3v) is 2.54. The van der Waals surface area contributed by atoms with Crippen LogP contribution in [0, 0.1) is 11.6 Å². The van der Waals surface area contributed by atoms with Crippen molar-refractivity contribution in [2.24, 2.45) is 0 Å². The number of anilines is 1. The third kappa shape index (κ3) is 2.87. The monoisotopic (exact) mass is 279 g/mol. The van der Waals surface area contributed by atoms with Gasteiger partial charge in [-0.2, -0.15) is 4.98 Å². The lowest BCUT2D eigenvalue weighted by atomic mass is 10.2. The van der Waals surface area contributed by atoms with Crippen molar-refractivity contribution in [1.29, 1.82) is 0 Å². The molecular weight excluding hydrogens is 268 g/mol. The minimum absolute atomic E-state index is 0.0685. The molecule has 0 aliphatic carbocycles. The van der Waals surface area contributed by atoms with Crippen LogP contribution in [0.5, 0.6) is 5.88 Å². The van der Waals surface area contributed by atoms with Crippen LogP contribution in [0.2, 0.25) is 0 Å². The predicted octanol–water partition coefficient (Wildman–Crippen LogP) is 2.04. The zero-order valence-electron chi connectivity index (χ0n) is 10.8. The quantitative estimate of drug-likeness (QED) is 0.862. The average molecular weight is 279 g/mol. The van der Waals surface area contributed by atoms with Crippen molar-refractivity contribution < 1.29 is 18.3 Å². The highest BCUT2D eigenvalue weighted by molar-refractivity contribution is 6.04. The number of amides is 1. The molecule has 1 aromatic heterocycles. The number of aromatic nitrogens is 2. The van der Waals surface area contributed by atoms with E-state index < -0.39 is 17.5 Å². The maximum absolute atomic E-state index is 13.1. The number of halogens is 2. The first kappa shape index (κ1) is 13.9. The predicted molar refractivity (Wildman–Crippen MR) is 67.7 cm³/mol. The standard InChI is InChI=1S/C13H11F2N3O2/c1-18(13-16-4-3-11(17-13)20-2)12(19)8-5-9(14)7-10(15)6-8/h3-7H,1-2H3. The molecule has 2 aromatic rings. The largest absolute Gasteiger partial charge is 0.481 e. The first-order valence-corrected chi connectivity index (χ1v) is 5.62. The van der Waals surface area contributed by atoms with Gasteiger partial charge in [-0.05, 0) is 12.1 Å². The Balaban J connectivity index is 2.31. The van der Waals surface area contributed by atoms with E-state index in [9.17, 15) is 13.6 Å². The molecule has 0 unspecified atom stereocenters. The van der Waals surface area contributed by atoms with Crippen molar-refractivity contribution in [2.45, 2.75) is 0 Å². The van der Waals surface area contributed by atoms with Gasteiger partial charge in [0.1, 0.15) is 11.6 Å². The van der Waals surface area contributed by atoms with E-state index in [2.05, 4.69) is 9.97 Å². The number of benzene rings is 1. The molecule has 0 bridgehead atoms. The summed E-state index contributed by atoms with van der Waals surface area (Å²) in [5, 5.41) is 0. The van der Waals surface area contributed by atoms with Gasteiger partial charge in [0.05, 0.1) is 7.11 Å². The van der Waals surface area contributed by atoms with Crippen LogP contribution in [0.25, 0.3) is 0 Å². The van der Waals surface area contributed by atoms with Gasteiger partial charge >= 0.3 is 0 Å². The maximum atomic E-state index is 13.1. The highest BCUT2D eigenvalue weighted by Crippen LogP contribution is 2.15. The van der Waals surface area contributed by atoms with E-state index in [1.807, 2.05) is 0 Å². The van der Waals surface area contributed by atoms with Gasteiger partial charge in [0, 0.05) is 30.9 Å². The fourth-order valence-corrected chi connectivity index (χ4v) is 1.57. The molecule has 0 aliphatic heterocycles. The molecule has 0 radical (unpaired) electrons. The summed E-state index contributed by atoms with van der Waals surface area (Å²) in [5.74, 6) is -1.93. The number of hydrogen-bond acceptors (Lipinski definition) is 4. The summed E-state index contributed by atoms with van der Waals surface area (Å²) in [4.78, 5) is 21.1. The van der Waals surface area contributed by atoms with Gasteiger partial charge in [0.2, 0.25) is 11.8 Å². The molecule has 7 heteroatoms. The lowest BCUT2D eigenvalue weighted by molar-refractivity contribution is 0.0990. The molecule has 0 N–H and O–H groups in total. The Morgan fingerprint density at radius 3 is 2.50 bits per heavy atom. The fourth-order valence-electron chi connectivity index (χ4n) is 1.57. The molecule has 20 heavy (non-hydrogen) atoms. The van der Waals surface area contributed by atoms with Gasteiger partial charge in [0.15, 0.2) is 0 Å². The number of rotatable bonds is 3. The van der Waals surface area contributed by atoms with E-state index in [1.165, 1.54) is 26.4 Å². The molecule has 1 amide bonds. The Labute approximate surface area is 113 Å². The normalized spacial score (nSPS) is 10.2. The molecule has 5 nitrogen and oxygen atoms in total. The molecule has 0 aliphatic rings. The van der Waals surface area contributed by atoms with Gasteiger partial charge in [-0.15, -0.1) is 0 Å². The van der Waals surface area contributed by atoms with Gasteiger partial charge in [0.25, 0.3) is 5.91 Å². The number of ether oxygens (including phenoxy) is 1. The number of methoxy groups -OCH3 is 1. The van der Waals surface area contributed by atoms with Crippen LogP contribution in [0.3, 0.4) is 0 Å². The van der Waals surface area contributed by atoms with Crippen molar-refractivity contribution in [1.82, 2.24) is 9.97 Å². The van der Waals surface area contributed by atoms with Gasteiger partial charge < -0.3 is 4.74 Å². The third-order valence-electron chi connectivity index (χ3n) is 2.54. The van der Waals surface area contributed by atoms with E-state index in [0.717, 1.165) is 17.0 Å². The molecule has 0 atom stereocenters. The number of hydrogen-bond donors (Lipinski definition) is 0. The Kier molecular flexibility index (Phi) is 3.88. The minimum atomic E-state index is -0.826. The first-order valence-electron chi connectivity index (χ1n) is 5.62. The molecule has 0 fully saturated rings. The lowest BCUT2D eigenvalue weighted by Gasteiger charge is -2.15. The summed E-state index contributed by atoms with van der Waals surface area (Å²) in [5.41, 5.74) is -0.128. The molecule has 0 saturated heterocycles. The summed E-state index contributed by atoms with van der Waals surface area (Å²) in [6, 6.07) is 4.10. The van der Waals surface area contributed by atoms with E-state index in [1.54, 1.807) is 0 Å². The van der Waals surface area contributed by atoms with E-state index in [-0.39, 0.29) is 17.4 Å². The van der Waals surface area contributed by atoms with Crippen molar-refractivity contribution in [3.63, 3.8) is 0 Å². The number of carbonyl (C=O) groups excluding carboxylic acids is 1. The van der Waals surface area contributed by atoms with Crippen molar-refractivity contribution in [3.8, 4) is 5.88 Å². The van der Waals surface area contributed by atoms with E-state index in [4.69, 9.17) is 4.74 Å². The smallest absolute Gasteiger partial charge is 0.260 e. The topological polar surface area (TPSA) is 55.3 Å². The van der Waals surface area contributed by atoms with Crippen LogP contribution in [-0.4, -0.2) is 30.0 Å². The first-order chi connectivity index (χ1) is 9.51. The average Bonchev–Trinajstić information content (AvgIpc) is 2.44. The molecule has 0 spiro atoms. The highest BCUT2D eigenvalue weighted by Gasteiger charge is 2.18. The minimum Gasteiger partial charge on any atom is -0.481 e. The Hall–Kier alpha value is -2.57. The van der Waals surface area contributed by atoms with E-state index >= 15 is 0 Å². The summed E-state index contributed by atoms with van der Waals surface area (Å²) in [7, 11) is 2.83. The van der Waals surface area contributed by atoms with Crippen LogP contribution in [0.1, 0.15) is 10.4 Å². The van der Waals surface area contributed by atoms with Gasteiger partial charge in [-0.3, -0.25) is 9.69 Å². The van der Waals surface area contributed by atoms with Crippen LogP contribution in [0.4, 0.5) is 14.7 Å². The van der Waals surface area contributed by atoms with E-state index in [0.29, 0.717) is 6.07 Å². The second kappa shape index (κ2) is 5.60. The van der Waals surface area contributed by atoms with Crippen molar-refractivity contribution in [3.05, 3.63) is 47.7 Å². The van der Waals surface area contributed by atoms with Crippen LogP contribution >= 0.6 is 0 Å². The van der Waals surface area contributed by atoms with Crippen LogP contribution in [-0.2, 0) is 0 Å². The SMILES string of the molecule is COc1ccnc(N(C)C(=O)c2cc(F)cc(F)c2)n1. The number of carbonyl (C=O) groups is 1. The molecule has 104 valence electrons. The Bertz CT molecular complexity index is 629. The zero-order valence-corrected chi connectivity index (χ0v) is 10.8. The zero-order chi connectivity index (χ0) is 14.7. The summed E-state index contributed by atoms with van der Waals surface area (Å²) < 4.78 is 31.1. The van der Waals surface area contributed by atoms with Gasteiger partial charge in [-0.25, -0.2) is 13.8 Å². The molecule has 0 saturated carbocycles. The summed E-state index contributed by atoms with van der Waals surface area (Å²) in [6.45, 7) is 0. The number of nitrogens with zero attached hydrogens (tertiary/aromatic N) is 3. The Morgan fingerprint density at radius 2 is 1.90 bits per heavy atom. The van der Waals surface area contributed by atoms with Gasteiger partial charge in [-0.1, -0.05) is 0 Å². The second-order valence-electron chi connectivity index (χ2n) is 3.92. The molecule has 1 heterocycles. The molecule has 2 rings (SSSR count). The van der Waals surface area contributed by atoms with Crippen molar-refractivity contribution >= 4 is 11.9 Å². The molecule has 1 aromatic carbocycles. The van der Waals surface area contributed by atoms with Crippen molar-refractivity contribution in [2.75, 3.05) is 19.1 Å². The summed E-state index contributed by atoms with van der Waals surface area (Å²) in [6.07, 6.45) is 1.41. The fraction of sp³-hybridized carbons (Fsp3) is 0.154. The highest BCUT2D eigenvalue weighted by atomic mass is 19.1. The van der Waals surface area contributed by atoms with Crippen LogP contribution in [0.15, 0.2) is 30.5 Å². The molecular formula is C13H11F2N3O2. The Morgan fingerprint density at radius 1 is 1.25 bits per heavy atom. The maximum Gasteiger partial charge on any atom is 0.260 e. The van der Waals surface area contributed by atoms with Crippen LogP contribution < -0.4 is 9.64 Å². The second-order valence-corrected chi connectivity index (χ2v) is 3.92.